The fraction of sp³-hybridized carbons (Fsp3) is 0.154. The van der Waals surface area contributed by atoms with E-state index in [0.717, 1.165) is 36.6 Å². The van der Waals surface area contributed by atoms with Crippen LogP contribution in [0.25, 0.3) is 11.1 Å². The minimum absolute atomic E-state index is 0.134. The van der Waals surface area contributed by atoms with Gasteiger partial charge in [-0.1, -0.05) is 36.4 Å². The van der Waals surface area contributed by atoms with Crippen LogP contribution >= 0.6 is 0 Å². The van der Waals surface area contributed by atoms with E-state index in [0.29, 0.717) is 11.3 Å². The molecule has 1 atom stereocenters. The molecular formula is C26H23N5O. The van der Waals surface area contributed by atoms with Gasteiger partial charge in [-0.15, -0.1) is 0 Å². The first-order valence-electron chi connectivity index (χ1n) is 10.7. The highest BCUT2D eigenvalue weighted by Gasteiger charge is 2.22. The maximum Gasteiger partial charge on any atom is 0.212 e. The molecule has 3 aromatic heterocycles. The average molecular weight is 422 g/mol. The van der Waals surface area contributed by atoms with Crippen LogP contribution in [-0.4, -0.2) is 40.4 Å². The lowest BCUT2D eigenvalue weighted by molar-refractivity contribution is 0.103. The second-order valence-electron chi connectivity index (χ2n) is 7.77. The molecular weight excluding hydrogens is 398 g/mol. The number of aromatic nitrogens is 3. The number of rotatable bonds is 5. The third kappa shape index (κ3) is 4.26. The molecule has 0 radical (unpaired) electrons. The van der Waals surface area contributed by atoms with Crippen LogP contribution in [0.4, 0.5) is 5.82 Å². The number of carbonyl (C=O) groups is 1. The van der Waals surface area contributed by atoms with Gasteiger partial charge in [0.15, 0.2) is 0 Å². The van der Waals surface area contributed by atoms with E-state index in [9.17, 15) is 4.79 Å². The van der Waals surface area contributed by atoms with E-state index >= 15 is 0 Å². The van der Waals surface area contributed by atoms with E-state index in [1.54, 1.807) is 30.9 Å². The molecule has 1 aliphatic rings. The maximum absolute atomic E-state index is 13.2. The van der Waals surface area contributed by atoms with E-state index in [-0.39, 0.29) is 11.8 Å². The molecule has 6 heteroatoms. The lowest BCUT2D eigenvalue weighted by atomic mass is 10.0. The number of nitrogens with zero attached hydrogens (tertiary/aromatic N) is 4. The van der Waals surface area contributed by atoms with Gasteiger partial charge in [-0.2, -0.15) is 0 Å². The fourth-order valence-corrected chi connectivity index (χ4v) is 4.01. The van der Waals surface area contributed by atoms with Crippen LogP contribution in [0.2, 0.25) is 0 Å². The Kier molecular flexibility index (Phi) is 5.68. The number of piperazine rings is 1. The molecule has 1 saturated heterocycles. The highest BCUT2D eigenvalue weighted by molar-refractivity contribution is 6.08. The molecule has 1 aromatic carbocycles. The Labute approximate surface area is 187 Å². The smallest absolute Gasteiger partial charge is 0.212 e. The van der Waals surface area contributed by atoms with Gasteiger partial charge in [-0.3, -0.25) is 14.8 Å². The van der Waals surface area contributed by atoms with Gasteiger partial charge in [0.05, 0.1) is 0 Å². The molecule has 1 aliphatic heterocycles. The van der Waals surface area contributed by atoms with Crippen molar-refractivity contribution in [3.8, 4) is 11.1 Å². The van der Waals surface area contributed by atoms with Crippen LogP contribution in [0.3, 0.4) is 0 Å². The van der Waals surface area contributed by atoms with Crippen LogP contribution in [-0.2, 0) is 0 Å². The Morgan fingerprint density at radius 3 is 2.59 bits per heavy atom. The Bertz CT molecular complexity index is 1210. The minimum atomic E-state index is -0.134. The molecule has 5 rings (SSSR count). The molecule has 32 heavy (non-hydrogen) atoms. The van der Waals surface area contributed by atoms with Crippen molar-refractivity contribution >= 4 is 11.6 Å². The summed E-state index contributed by atoms with van der Waals surface area (Å²) < 4.78 is 0. The monoisotopic (exact) mass is 421 g/mol. The quantitative estimate of drug-likeness (QED) is 0.493. The van der Waals surface area contributed by atoms with Crippen LogP contribution in [0.15, 0.2) is 91.5 Å². The van der Waals surface area contributed by atoms with E-state index in [1.807, 2.05) is 36.4 Å². The minimum Gasteiger partial charge on any atom is -0.353 e. The second-order valence-corrected chi connectivity index (χ2v) is 7.77. The Balaban J connectivity index is 1.38. The Hall–Kier alpha value is -3.90. The van der Waals surface area contributed by atoms with Gasteiger partial charge in [0.1, 0.15) is 11.5 Å². The first-order chi connectivity index (χ1) is 15.8. The van der Waals surface area contributed by atoms with Crippen LogP contribution in [0.1, 0.15) is 27.7 Å². The van der Waals surface area contributed by atoms with Gasteiger partial charge in [0.2, 0.25) is 5.78 Å². The number of benzene rings is 1. The van der Waals surface area contributed by atoms with Crippen molar-refractivity contribution in [3.05, 3.63) is 108 Å². The molecule has 0 saturated carbocycles. The predicted molar refractivity (Wildman–Crippen MR) is 125 cm³/mol. The molecule has 158 valence electrons. The third-order valence-electron chi connectivity index (χ3n) is 5.68. The molecule has 6 nitrogen and oxygen atoms in total. The zero-order valence-corrected chi connectivity index (χ0v) is 17.6. The van der Waals surface area contributed by atoms with Crippen molar-refractivity contribution in [2.24, 2.45) is 0 Å². The lowest BCUT2D eigenvalue weighted by Crippen LogP contribution is -2.46. The number of anilines is 1. The molecule has 1 N–H and O–H groups in total. The first kappa shape index (κ1) is 20.0. The molecule has 1 unspecified atom stereocenters. The first-order valence-corrected chi connectivity index (χ1v) is 10.7. The van der Waals surface area contributed by atoms with Gasteiger partial charge in [-0.25, -0.2) is 4.98 Å². The van der Waals surface area contributed by atoms with E-state index in [4.69, 9.17) is 4.98 Å². The van der Waals surface area contributed by atoms with Crippen molar-refractivity contribution in [3.63, 3.8) is 0 Å². The predicted octanol–water partition coefficient (Wildman–Crippen LogP) is 3.92. The van der Waals surface area contributed by atoms with Gasteiger partial charge in [0, 0.05) is 61.6 Å². The largest absolute Gasteiger partial charge is 0.353 e. The van der Waals surface area contributed by atoms with Gasteiger partial charge >= 0.3 is 0 Å². The SMILES string of the molecule is O=C(c1cncc(-c2ccncc2)c1)c1cccc(N2CCNC(c3ccccc3)C2)n1. The topological polar surface area (TPSA) is 71.0 Å². The number of hydrogen-bond acceptors (Lipinski definition) is 6. The summed E-state index contributed by atoms with van der Waals surface area (Å²) >= 11 is 0. The molecule has 0 amide bonds. The Morgan fingerprint density at radius 1 is 0.906 bits per heavy atom. The summed E-state index contributed by atoms with van der Waals surface area (Å²) in [6.45, 7) is 2.50. The number of hydrogen-bond donors (Lipinski definition) is 1. The van der Waals surface area contributed by atoms with Crippen LogP contribution in [0, 0.1) is 0 Å². The maximum atomic E-state index is 13.2. The van der Waals surface area contributed by atoms with Crippen LogP contribution in [0.5, 0.6) is 0 Å². The number of carbonyl (C=O) groups excluding carboxylic acids is 1. The molecule has 1 fully saturated rings. The van der Waals surface area contributed by atoms with Crippen molar-refractivity contribution in [2.45, 2.75) is 6.04 Å². The van der Waals surface area contributed by atoms with Gasteiger partial charge in [0.25, 0.3) is 0 Å². The summed E-state index contributed by atoms with van der Waals surface area (Å²) in [6, 6.07) is 21.9. The van der Waals surface area contributed by atoms with E-state index < -0.39 is 0 Å². The van der Waals surface area contributed by atoms with Crippen molar-refractivity contribution < 1.29 is 4.79 Å². The summed E-state index contributed by atoms with van der Waals surface area (Å²) in [6.07, 6.45) is 6.80. The zero-order chi connectivity index (χ0) is 21.8. The molecule has 0 spiro atoms. The Morgan fingerprint density at radius 2 is 1.75 bits per heavy atom. The number of nitrogens with one attached hydrogen (secondary N) is 1. The third-order valence-corrected chi connectivity index (χ3v) is 5.68. The lowest BCUT2D eigenvalue weighted by Gasteiger charge is -2.35. The highest BCUT2D eigenvalue weighted by atomic mass is 16.1. The molecule has 0 bridgehead atoms. The normalized spacial score (nSPS) is 16.0. The zero-order valence-electron chi connectivity index (χ0n) is 17.6. The summed E-state index contributed by atoms with van der Waals surface area (Å²) in [4.78, 5) is 28.5. The van der Waals surface area contributed by atoms with Gasteiger partial charge in [-0.05, 0) is 41.5 Å². The van der Waals surface area contributed by atoms with Crippen molar-refractivity contribution in [2.75, 3.05) is 24.5 Å². The summed E-state index contributed by atoms with van der Waals surface area (Å²) in [5, 5.41) is 3.57. The van der Waals surface area contributed by atoms with Crippen molar-refractivity contribution in [1.82, 2.24) is 20.3 Å². The molecule has 4 aromatic rings. The van der Waals surface area contributed by atoms with E-state index in [2.05, 4.69) is 44.5 Å². The van der Waals surface area contributed by atoms with Gasteiger partial charge < -0.3 is 10.2 Å². The standard InChI is InChI=1S/C26H23N5O/c32-26(22-15-21(16-28-17-22)19-9-11-27-12-10-19)23-7-4-8-25(30-23)31-14-13-29-24(18-31)20-5-2-1-3-6-20/h1-12,15-17,24,29H,13-14,18H2. The summed E-state index contributed by atoms with van der Waals surface area (Å²) in [5.74, 6) is 0.682. The van der Waals surface area contributed by atoms with Crippen molar-refractivity contribution in [1.29, 1.82) is 0 Å². The summed E-state index contributed by atoms with van der Waals surface area (Å²) in [7, 11) is 0. The average Bonchev–Trinajstić information content (AvgIpc) is 2.89. The fourth-order valence-electron chi connectivity index (χ4n) is 4.01. The number of pyridine rings is 3. The van der Waals surface area contributed by atoms with Crippen LogP contribution < -0.4 is 10.2 Å². The highest BCUT2D eigenvalue weighted by Crippen LogP contribution is 2.23. The summed E-state index contributed by atoms with van der Waals surface area (Å²) in [5.41, 5.74) is 4.04. The second kappa shape index (κ2) is 9.08. The molecule has 0 aliphatic carbocycles. The number of ketones is 1. The molecule has 4 heterocycles. The van der Waals surface area contributed by atoms with E-state index in [1.165, 1.54) is 5.56 Å².